The van der Waals surface area contributed by atoms with Crippen LogP contribution in [0.5, 0.6) is 0 Å². The number of rotatable bonds is 4. The van der Waals surface area contributed by atoms with Crippen LogP contribution in [0.1, 0.15) is 22.0 Å². The predicted molar refractivity (Wildman–Crippen MR) is 75.4 cm³/mol. The van der Waals surface area contributed by atoms with Gasteiger partial charge in [-0.05, 0) is 17.7 Å². The number of carbonyl (C=O) groups is 2. The molecule has 2 rings (SSSR count). The number of hydrogen-bond donors (Lipinski definition) is 1. The summed E-state index contributed by atoms with van der Waals surface area (Å²) in [4.78, 5) is 25.1. The molecular formula is C16H15NO3. The molecule has 20 heavy (non-hydrogen) atoms. The molecule has 0 heterocycles. The van der Waals surface area contributed by atoms with Crippen molar-refractivity contribution in [2.45, 2.75) is 6.04 Å². The maximum Gasteiger partial charge on any atom is 0.331 e. The molecule has 4 nitrogen and oxygen atoms in total. The first-order valence-electron chi connectivity index (χ1n) is 6.21. The number of hydrogen-bond acceptors (Lipinski definition) is 2. The van der Waals surface area contributed by atoms with Gasteiger partial charge in [-0.25, -0.2) is 4.79 Å². The van der Waals surface area contributed by atoms with Gasteiger partial charge >= 0.3 is 5.97 Å². The molecule has 0 aliphatic carbocycles. The third-order valence-corrected chi connectivity index (χ3v) is 3.08. The van der Waals surface area contributed by atoms with Crippen molar-refractivity contribution in [2.24, 2.45) is 0 Å². The first-order valence-corrected chi connectivity index (χ1v) is 6.21. The zero-order valence-corrected chi connectivity index (χ0v) is 11.1. The van der Waals surface area contributed by atoms with Gasteiger partial charge in [0.05, 0.1) is 0 Å². The quantitative estimate of drug-likeness (QED) is 0.928. The highest BCUT2D eigenvalue weighted by Crippen LogP contribution is 2.21. The lowest BCUT2D eigenvalue weighted by molar-refractivity contribution is -0.142. The van der Waals surface area contributed by atoms with E-state index in [1.165, 1.54) is 11.9 Å². The molecule has 1 N–H and O–H groups in total. The Balaban J connectivity index is 2.31. The van der Waals surface area contributed by atoms with Gasteiger partial charge in [0.1, 0.15) is 0 Å². The van der Waals surface area contributed by atoms with Crippen molar-refractivity contribution in [3.05, 3.63) is 71.8 Å². The molecule has 0 aliphatic heterocycles. The molecule has 0 radical (unpaired) electrons. The smallest absolute Gasteiger partial charge is 0.331 e. The molecule has 4 heteroatoms. The van der Waals surface area contributed by atoms with Crippen LogP contribution >= 0.6 is 0 Å². The van der Waals surface area contributed by atoms with Gasteiger partial charge in [-0.2, -0.15) is 0 Å². The predicted octanol–water partition coefficient (Wildman–Crippen LogP) is 2.58. The number of carboxylic acids is 1. The molecule has 102 valence electrons. The number of benzene rings is 2. The van der Waals surface area contributed by atoms with E-state index in [1.54, 1.807) is 54.6 Å². The van der Waals surface area contributed by atoms with Gasteiger partial charge in [0, 0.05) is 12.6 Å². The van der Waals surface area contributed by atoms with Gasteiger partial charge in [-0.3, -0.25) is 4.79 Å². The molecule has 0 saturated heterocycles. The molecule has 1 amide bonds. The topological polar surface area (TPSA) is 57.6 Å². The summed E-state index contributed by atoms with van der Waals surface area (Å²) in [6.07, 6.45) is 0. The van der Waals surface area contributed by atoms with E-state index in [9.17, 15) is 14.7 Å². The van der Waals surface area contributed by atoms with Crippen molar-refractivity contribution >= 4 is 11.9 Å². The fourth-order valence-corrected chi connectivity index (χ4v) is 2.07. The van der Waals surface area contributed by atoms with Crippen LogP contribution in [-0.2, 0) is 4.79 Å². The lowest BCUT2D eigenvalue weighted by atomic mass is 10.0. The second-order valence-electron chi connectivity index (χ2n) is 4.43. The molecule has 0 aromatic heterocycles. The second-order valence-corrected chi connectivity index (χ2v) is 4.43. The van der Waals surface area contributed by atoms with Crippen molar-refractivity contribution < 1.29 is 14.7 Å². The van der Waals surface area contributed by atoms with Crippen molar-refractivity contribution in [3.63, 3.8) is 0 Å². The average molecular weight is 269 g/mol. The van der Waals surface area contributed by atoms with Crippen LogP contribution in [0.3, 0.4) is 0 Å². The highest BCUT2D eigenvalue weighted by atomic mass is 16.4. The number of amides is 1. The summed E-state index contributed by atoms with van der Waals surface area (Å²) in [5.41, 5.74) is 1.05. The summed E-state index contributed by atoms with van der Waals surface area (Å²) in [5.74, 6) is -1.37. The largest absolute Gasteiger partial charge is 0.479 e. The molecule has 0 unspecified atom stereocenters. The third-order valence-electron chi connectivity index (χ3n) is 3.08. The van der Waals surface area contributed by atoms with Gasteiger partial charge in [0.15, 0.2) is 6.04 Å². The zero-order chi connectivity index (χ0) is 14.5. The van der Waals surface area contributed by atoms with Crippen LogP contribution in [0, 0.1) is 0 Å². The average Bonchev–Trinajstić information content (AvgIpc) is 2.48. The standard InChI is InChI=1S/C16H15NO3/c1-17(15(18)13-10-6-3-7-11-13)14(16(19)20)12-8-4-2-5-9-12/h2-11,14H,1H3,(H,19,20)/t14-/m1/s1. The Kier molecular flexibility index (Phi) is 4.15. The summed E-state index contributed by atoms with van der Waals surface area (Å²) in [6.45, 7) is 0. The van der Waals surface area contributed by atoms with E-state index in [0.717, 1.165) is 0 Å². The summed E-state index contributed by atoms with van der Waals surface area (Å²) in [7, 11) is 1.50. The number of aliphatic carboxylic acids is 1. The Bertz CT molecular complexity index is 596. The van der Waals surface area contributed by atoms with Gasteiger partial charge in [-0.15, -0.1) is 0 Å². The lowest BCUT2D eigenvalue weighted by Crippen LogP contribution is -2.35. The lowest BCUT2D eigenvalue weighted by Gasteiger charge is -2.25. The van der Waals surface area contributed by atoms with E-state index < -0.39 is 12.0 Å². The van der Waals surface area contributed by atoms with Crippen LogP contribution in [0.15, 0.2) is 60.7 Å². The van der Waals surface area contributed by atoms with Crippen LogP contribution in [-0.4, -0.2) is 28.9 Å². The summed E-state index contributed by atoms with van der Waals surface area (Å²) in [6, 6.07) is 16.4. The maximum atomic E-state index is 12.3. The zero-order valence-electron chi connectivity index (χ0n) is 11.1. The van der Waals surface area contributed by atoms with Crippen molar-refractivity contribution in [2.75, 3.05) is 7.05 Å². The molecule has 0 fully saturated rings. The first-order chi connectivity index (χ1) is 9.61. The summed E-state index contributed by atoms with van der Waals surface area (Å²) < 4.78 is 0. The molecule has 2 aromatic rings. The van der Waals surface area contributed by atoms with Crippen molar-refractivity contribution in [1.29, 1.82) is 0 Å². The number of likely N-dealkylation sites (N-methyl/N-ethyl adjacent to an activating group) is 1. The Labute approximate surface area is 117 Å². The van der Waals surface area contributed by atoms with E-state index in [4.69, 9.17) is 0 Å². The van der Waals surface area contributed by atoms with Gasteiger partial charge in [0.25, 0.3) is 5.91 Å². The van der Waals surface area contributed by atoms with E-state index in [0.29, 0.717) is 11.1 Å². The number of nitrogens with zero attached hydrogens (tertiary/aromatic N) is 1. The molecule has 0 saturated carbocycles. The van der Waals surface area contributed by atoms with Crippen LogP contribution in [0.25, 0.3) is 0 Å². The van der Waals surface area contributed by atoms with Gasteiger partial charge in [0.2, 0.25) is 0 Å². The minimum atomic E-state index is -1.05. The Morgan fingerprint density at radius 1 is 0.950 bits per heavy atom. The third kappa shape index (κ3) is 2.85. The number of carbonyl (C=O) groups excluding carboxylic acids is 1. The number of carboxylic acid groups (broad SMARTS) is 1. The van der Waals surface area contributed by atoms with Crippen LogP contribution < -0.4 is 0 Å². The minimum absolute atomic E-state index is 0.318. The minimum Gasteiger partial charge on any atom is -0.479 e. The maximum absolute atomic E-state index is 12.3. The monoisotopic (exact) mass is 269 g/mol. The van der Waals surface area contributed by atoms with E-state index in [-0.39, 0.29) is 5.91 Å². The normalized spacial score (nSPS) is 11.7. The highest BCUT2D eigenvalue weighted by Gasteiger charge is 2.28. The Morgan fingerprint density at radius 3 is 1.95 bits per heavy atom. The Hall–Kier alpha value is -2.62. The summed E-state index contributed by atoms with van der Waals surface area (Å²) in [5, 5.41) is 9.40. The Morgan fingerprint density at radius 2 is 1.45 bits per heavy atom. The molecule has 0 spiro atoms. The fraction of sp³-hybridized carbons (Fsp3) is 0.125. The summed E-state index contributed by atoms with van der Waals surface area (Å²) >= 11 is 0. The highest BCUT2D eigenvalue weighted by molar-refractivity contribution is 5.96. The van der Waals surface area contributed by atoms with Crippen molar-refractivity contribution in [1.82, 2.24) is 4.90 Å². The first kappa shape index (κ1) is 13.8. The van der Waals surface area contributed by atoms with Crippen LogP contribution in [0.4, 0.5) is 0 Å². The molecule has 1 atom stereocenters. The van der Waals surface area contributed by atoms with E-state index >= 15 is 0 Å². The van der Waals surface area contributed by atoms with E-state index in [2.05, 4.69) is 0 Å². The molecule has 0 aliphatic rings. The fourth-order valence-electron chi connectivity index (χ4n) is 2.07. The van der Waals surface area contributed by atoms with E-state index in [1.807, 2.05) is 6.07 Å². The molecular weight excluding hydrogens is 254 g/mol. The van der Waals surface area contributed by atoms with Crippen molar-refractivity contribution in [3.8, 4) is 0 Å². The molecule has 2 aromatic carbocycles. The SMILES string of the molecule is CN(C(=O)c1ccccc1)[C@@H](C(=O)O)c1ccccc1. The van der Waals surface area contributed by atoms with Crippen LogP contribution in [0.2, 0.25) is 0 Å². The van der Waals surface area contributed by atoms with Gasteiger partial charge in [-0.1, -0.05) is 48.5 Å². The molecule has 0 bridgehead atoms. The second kappa shape index (κ2) is 6.02. The van der Waals surface area contributed by atoms with Gasteiger partial charge < -0.3 is 10.0 Å².